The minimum Gasteiger partial charge on any atom is -0.507 e. The van der Waals surface area contributed by atoms with Crippen molar-refractivity contribution in [2.45, 2.75) is 69.4 Å². The van der Waals surface area contributed by atoms with Crippen LogP contribution in [0, 0.1) is 0 Å². The van der Waals surface area contributed by atoms with Gasteiger partial charge in [0.1, 0.15) is 29.5 Å². The first-order chi connectivity index (χ1) is 20.2. The number of ether oxygens (including phenoxy) is 3. The van der Waals surface area contributed by atoms with E-state index in [0.717, 1.165) is 6.92 Å². The highest BCUT2D eigenvalue weighted by molar-refractivity contribution is 6.31. The Balaban J connectivity index is 0.00000111. The topological polar surface area (TPSA) is 278 Å². The van der Waals surface area contributed by atoms with Crippen molar-refractivity contribution in [1.29, 1.82) is 0 Å². The molecule has 1 aliphatic heterocycles. The van der Waals surface area contributed by atoms with Gasteiger partial charge in [-0.1, -0.05) is 12.1 Å². The Kier molecular flexibility index (Phi) is 11.8. The molecule has 0 amide bonds. The third kappa shape index (κ3) is 6.66. The molecule has 16 heteroatoms. The number of hydrogen-bond donors (Lipinski definition) is 8. The van der Waals surface area contributed by atoms with E-state index < -0.39 is 102 Å². The van der Waals surface area contributed by atoms with Gasteiger partial charge in [0.05, 0.1) is 42.1 Å². The molecule has 2 aromatic carbocycles. The monoisotopic (exact) mass is 656 g/mol. The highest BCUT2D eigenvalue weighted by Gasteiger charge is 2.50. The number of nitrogens with two attached hydrogens (primary N) is 1. The molecule has 0 unspecified atom stereocenters. The third-order valence-corrected chi connectivity index (χ3v) is 7.81. The molecule has 45 heavy (non-hydrogen) atoms. The minimum absolute atomic E-state index is 0. The van der Waals surface area contributed by atoms with Gasteiger partial charge in [-0.25, -0.2) is 0 Å². The lowest BCUT2D eigenvalue weighted by atomic mass is 9.72. The molecule has 6 atom stereocenters. The average Bonchev–Trinajstić information content (AvgIpc) is 2.94. The second-order valence-electron chi connectivity index (χ2n) is 10.7. The van der Waals surface area contributed by atoms with Crippen molar-refractivity contribution >= 4 is 35.7 Å². The van der Waals surface area contributed by atoms with E-state index in [0.29, 0.717) is 0 Å². The molecule has 1 saturated heterocycles. The number of hydrogen-bond acceptors (Lipinski definition) is 14. The molecule has 0 spiro atoms. The number of benzene rings is 2. The highest BCUT2D eigenvalue weighted by Crippen LogP contribution is 2.52. The summed E-state index contributed by atoms with van der Waals surface area (Å²) in [6.45, 7) is 1.64. The predicted octanol–water partition coefficient (Wildman–Crippen LogP) is 0.676. The number of Topliss-reactive ketones (excluding diaryl/α,β-unsaturated/α-hetero) is 1. The van der Waals surface area contributed by atoms with Gasteiger partial charge in [0.15, 0.2) is 17.9 Å². The number of aliphatic hydroxyl groups excluding tert-OH is 2. The van der Waals surface area contributed by atoms with Crippen LogP contribution in [-0.4, -0.2) is 97.8 Å². The normalized spacial score (nSPS) is 26.4. The predicted molar refractivity (Wildman–Crippen MR) is 157 cm³/mol. The van der Waals surface area contributed by atoms with Crippen LogP contribution >= 0.6 is 12.4 Å². The van der Waals surface area contributed by atoms with E-state index >= 15 is 0 Å². The lowest BCUT2D eigenvalue weighted by molar-refractivity contribution is -0.247. The highest BCUT2D eigenvalue weighted by atomic mass is 35.5. The number of carbonyl (C=O) groups is 4. The zero-order valence-corrected chi connectivity index (χ0v) is 25.5. The molecule has 2 aliphatic carbocycles. The molecule has 0 radical (unpaired) electrons. The van der Waals surface area contributed by atoms with Gasteiger partial charge in [0.2, 0.25) is 5.78 Å². The molecule has 1 fully saturated rings. The maximum atomic E-state index is 13.6. The number of carboxylic acid groups (broad SMARTS) is 1. The first-order valence-electron chi connectivity index (χ1n) is 13.3. The maximum absolute atomic E-state index is 13.6. The molecule has 3 aliphatic rings. The number of rotatable bonds is 5. The zero-order valence-electron chi connectivity index (χ0n) is 24.7. The summed E-state index contributed by atoms with van der Waals surface area (Å²) in [6, 6.07) is 3.64. The van der Waals surface area contributed by atoms with E-state index in [2.05, 4.69) is 0 Å². The van der Waals surface area contributed by atoms with E-state index in [-0.39, 0.29) is 53.0 Å². The van der Waals surface area contributed by atoms with Crippen LogP contribution in [0.5, 0.6) is 17.2 Å². The molecule has 248 valence electrons. The van der Waals surface area contributed by atoms with E-state index in [1.54, 1.807) is 6.92 Å². The SMILES string of the molecule is CC(=O)O.COc1cccc2c1C(=O)c1c(O)c3c(c(O)c1C2=O)C[C@@](O)(C(=O)CO)C[C@@H]3O[C@H]1C[C@H](N)[C@H](O)[C@H](C)O1.Cl.N. The van der Waals surface area contributed by atoms with Crippen LogP contribution in [0.15, 0.2) is 18.2 Å². The van der Waals surface area contributed by atoms with Crippen LogP contribution < -0.4 is 16.6 Å². The fourth-order valence-electron chi connectivity index (χ4n) is 5.75. The molecule has 0 saturated carbocycles. The van der Waals surface area contributed by atoms with Gasteiger partial charge in [-0.3, -0.25) is 19.2 Å². The van der Waals surface area contributed by atoms with Gasteiger partial charge >= 0.3 is 0 Å². The van der Waals surface area contributed by atoms with Crippen LogP contribution in [0.3, 0.4) is 0 Å². The Morgan fingerprint density at radius 3 is 2.27 bits per heavy atom. The van der Waals surface area contributed by atoms with Gasteiger partial charge in [-0.2, -0.15) is 0 Å². The molecule has 5 rings (SSSR count). The van der Waals surface area contributed by atoms with Crippen LogP contribution in [0.4, 0.5) is 0 Å². The molecule has 0 aromatic heterocycles. The van der Waals surface area contributed by atoms with Crippen LogP contribution in [0.2, 0.25) is 0 Å². The second-order valence-corrected chi connectivity index (χ2v) is 10.7. The number of carboxylic acids is 1. The van der Waals surface area contributed by atoms with Crippen LogP contribution in [-0.2, 0) is 25.5 Å². The van der Waals surface area contributed by atoms with Crippen molar-refractivity contribution in [2.75, 3.05) is 13.7 Å². The summed E-state index contributed by atoms with van der Waals surface area (Å²) in [5.41, 5.74) is 2.37. The van der Waals surface area contributed by atoms with Gasteiger partial charge in [0, 0.05) is 48.9 Å². The first-order valence-corrected chi connectivity index (χ1v) is 13.3. The Morgan fingerprint density at radius 1 is 1.11 bits per heavy atom. The molecule has 0 bridgehead atoms. The van der Waals surface area contributed by atoms with Crippen molar-refractivity contribution in [3.63, 3.8) is 0 Å². The quantitative estimate of drug-likeness (QED) is 0.175. The summed E-state index contributed by atoms with van der Waals surface area (Å²) < 4.78 is 17.0. The Morgan fingerprint density at radius 2 is 1.71 bits per heavy atom. The summed E-state index contributed by atoms with van der Waals surface area (Å²) >= 11 is 0. The molecule has 11 N–H and O–H groups in total. The number of aliphatic hydroxyl groups is 3. The first kappa shape index (κ1) is 37.5. The number of aliphatic carboxylic acids is 1. The van der Waals surface area contributed by atoms with Gasteiger partial charge < -0.3 is 56.7 Å². The summed E-state index contributed by atoms with van der Waals surface area (Å²) in [4.78, 5) is 48.7. The zero-order chi connectivity index (χ0) is 32.0. The molecule has 1 heterocycles. The van der Waals surface area contributed by atoms with Crippen LogP contribution in [0.25, 0.3) is 0 Å². The van der Waals surface area contributed by atoms with E-state index in [1.807, 2.05) is 0 Å². The van der Waals surface area contributed by atoms with Crippen molar-refractivity contribution in [2.24, 2.45) is 5.73 Å². The molecule has 2 aromatic rings. The second kappa shape index (κ2) is 14.2. The molecular formula is C29H37ClN2O13. The fraction of sp³-hybridized carbons (Fsp3) is 0.448. The number of carbonyl (C=O) groups excluding carboxylic acids is 3. The minimum atomic E-state index is -2.24. The van der Waals surface area contributed by atoms with Crippen molar-refractivity contribution in [3.05, 3.63) is 51.6 Å². The number of fused-ring (bicyclic) bond motifs is 3. The van der Waals surface area contributed by atoms with Gasteiger partial charge in [0.25, 0.3) is 5.97 Å². The van der Waals surface area contributed by atoms with Crippen LogP contribution in [0.1, 0.15) is 75.8 Å². The Bertz CT molecular complexity index is 1480. The van der Waals surface area contributed by atoms with Crippen molar-refractivity contribution < 1.29 is 64.0 Å². The third-order valence-electron chi connectivity index (χ3n) is 7.81. The van der Waals surface area contributed by atoms with Crippen molar-refractivity contribution in [3.8, 4) is 17.2 Å². The number of ketones is 3. The van der Waals surface area contributed by atoms with Crippen molar-refractivity contribution in [1.82, 2.24) is 6.15 Å². The van der Waals surface area contributed by atoms with E-state index in [4.69, 9.17) is 29.8 Å². The van der Waals surface area contributed by atoms with E-state index in [1.165, 1.54) is 25.3 Å². The number of phenolic OH excluding ortho intramolecular Hbond substituents is 2. The summed E-state index contributed by atoms with van der Waals surface area (Å²) in [6.07, 6.45) is -5.12. The lowest BCUT2D eigenvalue weighted by Crippen LogP contribution is -2.53. The largest absolute Gasteiger partial charge is 0.507 e. The fourth-order valence-corrected chi connectivity index (χ4v) is 5.75. The van der Waals surface area contributed by atoms with Gasteiger partial charge in [-0.05, 0) is 13.0 Å². The average molecular weight is 657 g/mol. The number of methoxy groups -OCH3 is 1. The number of halogens is 1. The summed E-state index contributed by atoms with van der Waals surface area (Å²) in [5.74, 6) is -4.61. The number of aromatic hydroxyl groups is 2. The van der Waals surface area contributed by atoms with Gasteiger partial charge in [-0.15, -0.1) is 12.4 Å². The Labute approximate surface area is 263 Å². The molecular weight excluding hydrogens is 620 g/mol. The maximum Gasteiger partial charge on any atom is 0.300 e. The standard InChI is InChI=1S/C27H29NO11.C2H4O2.ClH.H3N/c1-10-22(31)13(28)6-17(38-10)39-15-8-27(36,16(30)9-29)7-12-19(15)26(35)21-20(24(12)33)23(32)11-4-3-5-14(37-2)18(11)25(21)34;1-2(3)4;;/h3-5,10,13,15,17,22,29,31,33,35-36H,6-9,28H2,1-2H3;1H3,(H,3,4);1H;1H3/t10-,13-,15-,17-,22+,27-;;;/m0.../s1. The molecule has 15 nitrogen and oxygen atoms in total. The lowest BCUT2D eigenvalue weighted by Gasteiger charge is -2.42. The summed E-state index contributed by atoms with van der Waals surface area (Å²) in [5, 5.41) is 61.1. The smallest absolute Gasteiger partial charge is 0.300 e. The Hall–Kier alpha value is -3.67. The van der Waals surface area contributed by atoms with E-state index in [9.17, 15) is 39.9 Å². The number of phenols is 2. The summed E-state index contributed by atoms with van der Waals surface area (Å²) in [7, 11) is 1.32.